The second-order valence-electron chi connectivity index (χ2n) is 4.27. The molecule has 2 aromatic rings. The number of aromatic nitrogens is 1. The summed E-state index contributed by atoms with van der Waals surface area (Å²) < 4.78 is 28.7. The molecule has 0 saturated heterocycles. The highest BCUT2D eigenvalue weighted by atomic mass is 32.2. The zero-order valence-electron chi connectivity index (χ0n) is 10.7. The second-order valence-corrected chi connectivity index (χ2v) is 5.96. The summed E-state index contributed by atoms with van der Waals surface area (Å²) in [6.45, 7) is 2.16. The van der Waals surface area contributed by atoms with Crippen LogP contribution < -0.4 is 9.92 Å². The molecule has 2 rings (SSSR count). The molecule has 0 aliphatic carbocycles. The van der Waals surface area contributed by atoms with E-state index in [0.717, 1.165) is 11.1 Å². The zero-order chi connectivity index (χ0) is 13.9. The largest absolute Gasteiger partial charge is 0.380 e. The maximum absolute atomic E-state index is 11.8. The van der Waals surface area contributed by atoms with Crippen LogP contribution in [-0.2, 0) is 10.1 Å². The Morgan fingerprint density at radius 1 is 1.26 bits per heavy atom. The number of hydrogen-bond donors (Lipinski definition) is 1. The minimum absolute atomic E-state index is 0.0916. The molecule has 0 bridgehead atoms. The van der Waals surface area contributed by atoms with Crippen LogP contribution in [0.4, 0.5) is 0 Å². The molecule has 1 aromatic carbocycles. The first kappa shape index (κ1) is 13.8. The Morgan fingerprint density at radius 2 is 2.05 bits per heavy atom. The number of benzene rings is 1. The third kappa shape index (κ3) is 3.42. The van der Waals surface area contributed by atoms with Crippen molar-refractivity contribution in [2.45, 2.75) is 13.3 Å². The van der Waals surface area contributed by atoms with Gasteiger partial charge in [-0.15, -0.1) is 0 Å². The molecule has 102 valence electrons. The van der Waals surface area contributed by atoms with Crippen LogP contribution in [0.25, 0.3) is 10.9 Å². The van der Waals surface area contributed by atoms with Gasteiger partial charge in [0.2, 0.25) is 0 Å². The lowest BCUT2D eigenvalue weighted by atomic mass is 10.2. The summed E-state index contributed by atoms with van der Waals surface area (Å²) in [5.74, 6) is 0.171. The van der Waals surface area contributed by atoms with Crippen molar-refractivity contribution in [3.63, 3.8) is 0 Å². The van der Waals surface area contributed by atoms with Crippen molar-refractivity contribution >= 4 is 21.0 Å². The van der Waals surface area contributed by atoms with E-state index in [-0.39, 0.29) is 11.5 Å². The molecule has 0 aliphatic heterocycles. The van der Waals surface area contributed by atoms with E-state index >= 15 is 0 Å². The minimum Gasteiger partial charge on any atom is -0.380 e. The van der Waals surface area contributed by atoms with E-state index in [1.54, 1.807) is 12.1 Å². The van der Waals surface area contributed by atoms with Crippen LogP contribution in [0.2, 0.25) is 0 Å². The summed E-state index contributed by atoms with van der Waals surface area (Å²) in [7, 11) is -3.62. The highest BCUT2D eigenvalue weighted by molar-refractivity contribution is 7.87. The lowest BCUT2D eigenvalue weighted by Gasteiger charge is -2.09. The monoisotopic (exact) mass is 280 g/mol. The van der Waals surface area contributed by atoms with E-state index in [4.69, 9.17) is 9.92 Å². The Balaban J connectivity index is 2.38. The van der Waals surface area contributed by atoms with Gasteiger partial charge in [-0.2, -0.15) is 8.42 Å². The second kappa shape index (κ2) is 5.54. The predicted octanol–water partition coefficient (Wildman–Crippen LogP) is 1.60. The topological polar surface area (TPSA) is 82.3 Å². The van der Waals surface area contributed by atoms with Crippen molar-refractivity contribution in [2.24, 2.45) is 5.73 Å². The fourth-order valence-electron chi connectivity index (χ4n) is 1.72. The summed E-state index contributed by atoms with van der Waals surface area (Å²) >= 11 is 0. The van der Waals surface area contributed by atoms with Crippen LogP contribution in [0, 0.1) is 6.92 Å². The van der Waals surface area contributed by atoms with Crippen molar-refractivity contribution in [2.75, 3.05) is 12.3 Å². The molecule has 0 atom stereocenters. The summed E-state index contributed by atoms with van der Waals surface area (Å²) in [4.78, 5) is 4.33. The first-order valence-corrected chi connectivity index (χ1v) is 7.58. The maximum Gasteiger partial charge on any atom is 0.309 e. The van der Waals surface area contributed by atoms with Gasteiger partial charge in [-0.3, -0.25) is 0 Å². The van der Waals surface area contributed by atoms with E-state index in [1.165, 1.54) is 0 Å². The van der Waals surface area contributed by atoms with Gasteiger partial charge in [0.15, 0.2) is 5.75 Å². The zero-order valence-corrected chi connectivity index (χ0v) is 11.5. The number of nitrogens with zero attached hydrogens (tertiary/aromatic N) is 1. The van der Waals surface area contributed by atoms with Crippen LogP contribution in [0.1, 0.15) is 12.1 Å². The number of rotatable bonds is 5. The van der Waals surface area contributed by atoms with Gasteiger partial charge in [-0.05, 0) is 32.0 Å². The fourth-order valence-corrected chi connectivity index (χ4v) is 2.73. The Bertz CT molecular complexity index is 683. The van der Waals surface area contributed by atoms with E-state index < -0.39 is 10.1 Å². The van der Waals surface area contributed by atoms with Gasteiger partial charge in [-0.1, -0.05) is 18.2 Å². The van der Waals surface area contributed by atoms with Gasteiger partial charge < -0.3 is 9.92 Å². The van der Waals surface area contributed by atoms with Gasteiger partial charge in [-0.25, -0.2) is 4.98 Å². The summed E-state index contributed by atoms with van der Waals surface area (Å²) in [6, 6.07) is 8.97. The van der Waals surface area contributed by atoms with Gasteiger partial charge in [0.05, 0.1) is 5.75 Å². The molecule has 0 spiro atoms. The van der Waals surface area contributed by atoms with Gasteiger partial charge in [0.1, 0.15) is 5.52 Å². The first-order valence-electron chi connectivity index (χ1n) is 6.00. The third-order valence-corrected chi connectivity index (χ3v) is 3.86. The SMILES string of the molecule is Cc1ccc2cccc(OS(=O)(=O)CCCN)c2n1. The minimum atomic E-state index is -3.62. The fraction of sp³-hybridized carbons (Fsp3) is 0.308. The van der Waals surface area contributed by atoms with E-state index in [0.29, 0.717) is 18.5 Å². The number of pyridine rings is 1. The van der Waals surface area contributed by atoms with Gasteiger partial charge in [0, 0.05) is 11.1 Å². The Kier molecular flexibility index (Phi) is 4.01. The Labute approximate surface area is 112 Å². The molecule has 1 heterocycles. The third-order valence-electron chi connectivity index (χ3n) is 2.64. The van der Waals surface area contributed by atoms with Crippen molar-refractivity contribution in [1.82, 2.24) is 4.98 Å². The van der Waals surface area contributed by atoms with Crippen LogP contribution in [0.15, 0.2) is 30.3 Å². The molecule has 6 heteroatoms. The molecule has 2 N–H and O–H groups in total. The number of hydrogen-bond acceptors (Lipinski definition) is 5. The summed E-state index contributed by atoms with van der Waals surface area (Å²) in [5, 5.41) is 0.845. The molecule has 19 heavy (non-hydrogen) atoms. The normalized spacial score (nSPS) is 11.7. The maximum atomic E-state index is 11.8. The molecular weight excluding hydrogens is 264 g/mol. The highest BCUT2D eigenvalue weighted by Gasteiger charge is 2.14. The van der Waals surface area contributed by atoms with Crippen molar-refractivity contribution in [1.29, 1.82) is 0 Å². The quantitative estimate of drug-likeness (QED) is 0.841. The number of nitrogens with two attached hydrogens (primary N) is 1. The Morgan fingerprint density at radius 3 is 2.79 bits per heavy atom. The average Bonchev–Trinajstić information content (AvgIpc) is 2.37. The van der Waals surface area contributed by atoms with Crippen LogP contribution in [0.3, 0.4) is 0 Å². The lowest BCUT2D eigenvalue weighted by Crippen LogP contribution is -2.16. The molecule has 0 radical (unpaired) electrons. The standard InChI is InChI=1S/C13H16N2O3S/c1-10-6-7-11-4-2-5-12(13(11)15-10)18-19(16,17)9-3-8-14/h2,4-7H,3,8-9,14H2,1H3. The Hall–Kier alpha value is -1.66. The molecule has 0 amide bonds. The van der Waals surface area contributed by atoms with E-state index in [2.05, 4.69) is 4.98 Å². The highest BCUT2D eigenvalue weighted by Crippen LogP contribution is 2.25. The molecule has 5 nitrogen and oxygen atoms in total. The van der Waals surface area contributed by atoms with E-state index in [9.17, 15) is 8.42 Å². The summed E-state index contributed by atoms with van der Waals surface area (Å²) in [6.07, 6.45) is 0.375. The molecular formula is C13H16N2O3S. The summed E-state index contributed by atoms with van der Waals surface area (Å²) in [5.41, 5.74) is 6.67. The molecule has 0 fully saturated rings. The van der Waals surface area contributed by atoms with Gasteiger partial charge >= 0.3 is 10.1 Å². The smallest absolute Gasteiger partial charge is 0.309 e. The van der Waals surface area contributed by atoms with E-state index in [1.807, 2.05) is 25.1 Å². The van der Waals surface area contributed by atoms with Gasteiger partial charge in [0.25, 0.3) is 0 Å². The van der Waals surface area contributed by atoms with Crippen molar-refractivity contribution in [3.05, 3.63) is 36.0 Å². The lowest BCUT2D eigenvalue weighted by molar-refractivity contribution is 0.486. The van der Waals surface area contributed by atoms with Crippen molar-refractivity contribution in [3.8, 4) is 5.75 Å². The van der Waals surface area contributed by atoms with Crippen LogP contribution in [-0.4, -0.2) is 25.7 Å². The van der Waals surface area contributed by atoms with Crippen molar-refractivity contribution < 1.29 is 12.6 Å². The first-order chi connectivity index (χ1) is 9.02. The number of para-hydroxylation sites is 1. The predicted molar refractivity (Wildman–Crippen MR) is 74.6 cm³/mol. The number of fused-ring (bicyclic) bond motifs is 1. The molecule has 1 aromatic heterocycles. The van der Waals surface area contributed by atoms with Crippen LogP contribution >= 0.6 is 0 Å². The average molecular weight is 280 g/mol. The molecule has 0 aliphatic rings. The molecule has 0 saturated carbocycles. The molecule has 0 unspecified atom stereocenters. The number of aryl methyl sites for hydroxylation is 1. The van der Waals surface area contributed by atoms with Crippen LogP contribution in [0.5, 0.6) is 5.75 Å².